The minimum atomic E-state index is -0.477. The Balaban J connectivity index is 1.78. The first-order valence-corrected chi connectivity index (χ1v) is 9.80. The summed E-state index contributed by atoms with van der Waals surface area (Å²) in [5, 5.41) is 12.2. The number of thiophene rings is 1. The Morgan fingerprint density at radius 1 is 1.24 bits per heavy atom. The number of aliphatic hydroxyl groups is 1. The maximum atomic E-state index is 10.9. The van der Waals surface area contributed by atoms with Crippen LogP contribution in [0.15, 0.2) is 30.3 Å². The van der Waals surface area contributed by atoms with E-state index in [1.54, 1.807) is 0 Å². The van der Waals surface area contributed by atoms with E-state index in [-0.39, 0.29) is 0 Å². The van der Waals surface area contributed by atoms with Gasteiger partial charge in [0, 0.05) is 35.0 Å². The van der Waals surface area contributed by atoms with Gasteiger partial charge in [-0.15, -0.1) is 11.3 Å². The highest BCUT2D eigenvalue weighted by atomic mass is 32.1. The standard InChI is InChI=1S/C21H26N2OS/c1-13-5-7-16(8-6-13)19(24)12-23-20-14(2)10-22(4)11-18(20)17-9-15(3)25-21(17)23/h5-9,14,19,24H,10-12H2,1-4H3. The Morgan fingerprint density at radius 3 is 2.68 bits per heavy atom. The Labute approximate surface area is 153 Å². The minimum absolute atomic E-state index is 0.477. The fourth-order valence-electron chi connectivity index (χ4n) is 4.20. The van der Waals surface area contributed by atoms with Crippen molar-refractivity contribution in [2.45, 2.75) is 45.9 Å². The molecule has 0 amide bonds. The SMILES string of the molecule is Cc1ccc(C(O)Cn2c3c(c4cc(C)sc42)CN(C)CC3C)cc1. The second-order valence-electron chi connectivity index (χ2n) is 7.57. The Hall–Kier alpha value is -1.62. The van der Waals surface area contributed by atoms with Crippen LogP contribution in [0.3, 0.4) is 0 Å². The van der Waals surface area contributed by atoms with Crippen LogP contribution in [0.2, 0.25) is 0 Å². The van der Waals surface area contributed by atoms with Crippen molar-refractivity contribution in [1.82, 2.24) is 9.47 Å². The molecule has 2 atom stereocenters. The van der Waals surface area contributed by atoms with E-state index in [2.05, 4.69) is 55.5 Å². The molecule has 1 aliphatic rings. The first kappa shape index (κ1) is 16.8. The van der Waals surface area contributed by atoms with E-state index in [0.29, 0.717) is 12.5 Å². The molecule has 0 bridgehead atoms. The number of aryl methyl sites for hydroxylation is 2. The fraction of sp³-hybridized carbons (Fsp3) is 0.429. The maximum Gasteiger partial charge on any atom is 0.103 e. The van der Waals surface area contributed by atoms with Gasteiger partial charge in [-0.1, -0.05) is 36.8 Å². The first-order chi connectivity index (χ1) is 11.9. The average molecular weight is 355 g/mol. The highest BCUT2D eigenvalue weighted by Gasteiger charge is 2.29. The van der Waals surface area contributed by atoms with Gasteiger partial charge in [0.2, 0.25) is 0 Å². The summed E-state index contributed by atoms with van der Waals surface area (Å²) in [7, 11) is 2.20. The summed E-state index contributed by atoms with van der Waals surface area (Å²) in [6.07, 6.45) is -0.477. The molecule has 0 radical (unpaired) electrons. The first-order valence-electron chi connectivity index (χ1n) is 8.98. The van der Waals surface area contributed by atoms with Crippen molar-refractivity contribution in [2.24, 2.45) is 0 Å². The van der Waals surface area contributed by atoms with Crippen LogP contribution < -0.4 is 0 Å². The summed E-state index contributed by atoms with van der Waals surface area (Å²) in [5.41, 5.74) is 5.10. The number of benzene rings is 1. The van der Waals surface area contributed by atoms with Crippen molar-refractivity contribution in [2.75, 3.05) is 13.6 Å². The van der Waals surface area contributed by atoms with Crippen LogP contribution in [0.5, 0.6) is 0 Å². The number of likely N-dealkylation sites (N-methyl/N-ethyl adjacent to an activating group) is 1. The zero-order chi connectivity index (χ0) is 17.7. The number of fused-ring (bicyclic) bond motifs is 3. The molecule has 1 aromatic carbocycles. The van der Waals surface area contributed by atoms with Crippen molar-refractivity contribution in [1.29, 1.82) is 0 Å². The van der Waals surface area contributed by atoms with Crippen molar-refractivity contribution in [3.05, 3.63) is 57.6 Å². The summed E-state index contributed by atoms with van der Waals surface area (Å²) in [6.45, 7) is 9.26. The number of aliphatic hydroxyl groups excluding tert-OH is 1. The lowest BCUT2D eigenvalue weighted by Crippen LogP contribution is -2.30. The number of hydrogen-bond acceptors (Lipinski definition) is 3. The quantitative estimate of drug-likeness (QED) is 0.744. The van der Waals surface area contributed by atoms with Crippen LogP contribution >= 0.6 is 11.3 Å². The van der Waals surface area contributed by atoms with Gasteiger partial charge in [-0.2, -0.15) is 0 Å². The third-order valence-corrected chi connectivity index (χ3v) is 6.38. The highest BCUT2D eigenvalue weighted by molar-refractivity contribution is 7.18. The van der Waals surface area contributed by atoms with E-state index in [4.69, 9.17) is 0 Å². The molecule has 3 heterocycles. The molecule has 132 valence electrons. The number of nitrogens with zero attached hydrogens (tertiary/aromatic N) is 2. The maximum absolute atomic E-state index is 10.9. The van der Waals surface area contributed by atoms with E-state index in [9.17, 15) is 5.11 Å². The van der Waals surface area contributed by atoms with Crippen molar-refractivity contribution in [3.63, 3.8) is 0 Å². The smallest absolute Gasteiger partial charge is 0.103 e. The van der Waals surface area contributed by atoms with Crippen LogP contribution in [0.4, 0.5) is 0 Å². The van der Waals surface area contributed by atoms with Gasteiger partial charge < -0.3 is 14.6 Å². The third-order valence-electron chi connectivity index (χ3n) is 5.30. The fourth-order valence-corrected chi connectivity index (χ4v) is 5.25. The van der Waals surface area contributed by atoms with E-state index >= 15 is 0 Å². The molecule has 25 heavy (non-hydrogen) atoms. The van der Waals surface area contributed by atoms with Gasteiger partial charge in [0.05, 0.1) is 12.6 Å². The molecule has 0 spiro atoms. The highest BCUT2D eigenvalue weighted by Crippen LogP contribution is 2.40. The zero-order valence-corrected chi connectivity index (χ0v) is 16.2. The molecule has 4 heteroatoms. The molecule has 0 saturated carbocycles. The molecular formula is C21H26N2OS. The van der Waals surface area contributed by atoms with Crippen molar-refractivity contribution in [3.8, 4) is 0 Å². The molecular weight excluding hydrogens is 328 g/mol. The van der Waals surface area contributed by atoms with Crippen LogP contribution in [-0.4, -0.2) is 28.2 Å². The van der Waals surface area contributed by atoms with Gasteiger partial charge >= 0.3 is 0 Å². The summed E-state index contributed by atoms with van der Waals surface area (Å²) in [5.74, 6) is 0.485. The Bertz CT molecular complexity index is 906. The van der Waals surface area contributed by atoms with Gasteiger partial charge in [0.25, 0.3) is 0 Å². The molecule has 0 saturated heterocycles. The van der Waals surface area contributed by atoms with E-state index < -0.39 is 6.10 Å². The number of rotatable bonds is 3. The normalized spacial score (nSPS) is 19.3. The van der Waals surface area contributed by atoms with Gasteiger partial charge in [0.1, 0.15) is 4.83 Å². The van der Waals surface area contributed by atoms with Gasteiger partial charge in [-0.05, 0) is 38.1 Å². The topological polar surface area (TPSA) is 28.4 Å². The van der Waals surface area contributed by atoms with E-state index in [1.165, 1.54) is 31.9 Å². The molecule has 2 unspecified atom stereocenters. The Morgan fingerprint density at radius 2 is 1.96 bits per heavy atom. The minimum Gasteiger partial charge on any atom is -0.387 e. The summed E-state index contributed by atoms with van der Waals surface area (Å²) < 4.78 is 2.39. The van der Waals surface area contributed by atoms with E-state index in [0.717, 1.165) is 18.7 Å². The van der Waals surface area contributed by atoms with Crippen molar-refractivity contribution >= 4 is 21.6 Å². The lowest BCUT2D eigenvalue weighted by molar-refractivity contribution is 0.155. The van der Waals surface area contributed by atoms with Gasteiger partial charge in [-0.25, -0.2) is 0 Å². The second kappa shape index (κ2) is 6.27. The molecule has 2 aromatic heterocycles. The molecule has 4 rings (SSSR count). The van der Waals surface area contributed by atoms with Gasteiger partial charge in [0.15, 0.2) is 0 Å². The monoisotopic (exact) mass is 354 g/mol. The zero-order valence-electron chi connectivity index (χ0n) is 15.4. The van der Waals surface area contributed by atoms with Crippen LogP contribution in [0.1, 0.15) is 46.2 Å². The average Bonchev–Trinajstić information content (AvgIpc) is 3.05. The molecule has 1 aliphatic heterocycles. The molecule has 3 aromatic rings. The molecule has 1 N–H and O–H groups in total. The third kappa shape index (κ3) is 2.92. The van der Waals surface area contributed by atoms with Crippen molar-refractivity contribution < 1.29 is 5.11 Å². The summed E-state index contributed by atoms with van der Waals surface area (Å²) in [6, 6.07) is 10.6. The molecule has 0 aliphatic carbocycles. The predicted molar refractivity (Wildman–Crippen MR) is 105 cm³/mol. The summed E-state index contributed by atoms with van der Waals surface area (Å²) >= 11 is 1.85. The largest absolute Gasteiger partial charge is 0.387 e. The van der Waals surface area contributed by atoms with E-state index in [1.807, 2.05) is 23.5 Å². The molecule has 3 nitrogen and oxygen atoms in total. The number of aromatic nitrogens is 1. The number of hydrogen-bond donors (Lipinski definition) is 1. The molecule has 0 fully saturated rings. The van der Waals surface area contributed by atoms with Crippen LogP contribution in [-0.2, 0) is 13.1 Å². The lowest BCUT2D eigenvalue weighted by atomic mass is 9.97. The Kier molecular flexibility index (Phi) is 4.22. The predicted octanol–water partition coefficient (Wildman–Crippen LogP) is 4.60. The lowest BCUT2D eigenvalue weighted by Gasteiger charge is -2.30. The second-order valence-corrected chi connectivity index (χ2v) is 8.81. The van der Waals surface area contributed by atoms with Gasteiger partial charge in [-0.3, -0.25) is 0 Å². The summed E-state index contributed by atoms with van der Waals surface area (Å²) in [4.78, 5) is 5.06. The van der Waals surface area contributed by atoms with Crippen LogP contribution in [0.25, 0.3) is 10.2 Å². The van der Waals surface area contributed by atoms with Crippen LogP contribution in [0, 0.1) is 13.8 Å².